The second-order valence-corrected chi connectivity index (χ2v) is 6.19. The number of urea groups is 1. The highest BCUT2D eigenvalue weighted by Crippen LogP contribution is 2.20. The molecule has 0 spiro atoms. The second-order valence-electron chi connectivity index (χ2n) is 6.19. The summed E-state index contributed by atoms with van der Waals surface area (Å²) in [7, 11) is 0. The molecule has 2 atom stereocenters. The van der Waals surface area contributed by atoms with E-state index in [2.05, 4.69) is 10.6 Å². The number of rotatable bonds is 6. The van der Waals surface area contributed by atoms with E-state index in [4.69, 9.17) is 14.6 Å². The Balaban J connectivity index is 1.93. The van der Waals surface area contributed by atoms with Crippen molar-refractivity contribution in [3.8, 4) is 0 Å². The summed E-state index contributed by atoms with van der Waals surface area (Å²) in [6.45, 7) is 2.92. The average molecular weight is 343 g/mol. The molecule has 2 aliphatic heterocycles. The van der Waals surface area contributed by atoms with Crippen molar-refractivity contribution >= 4 is 23.8 Å². The second kappa shape index (κ2) is 7.14. The summed E-state index contributed by atoms with van der Waals surface area (Å²) in [6.07, 6.45) is -0.0345. The number of carbonyl (C=O) groups excluding carboxylic acids is 3. The zero-order chi connectivity index (χ0) is 17.9. The smallest absolute Gasteiger partial charge is 0.329 e. The SMILES string of the molecule is CC1(C)C(=O)NC(=O)N1CC(=O)N[C@@H]1COCC[C@@H]1OCC(=O)O. The predicted octanol–water partition coefficient (Wildman–Crippen LogP) is -1.31. The van der Waals surface area contributed by atoms with Crippen LogP contribution in [0.25, 0.3) is 0 Å². The molecule has 4 amide bonds. The van der Waals surface area contributed by atoms with Crippen LogP contribution in [0.5, 0.6) is 0 Å². The zero-order valence-electron chi connectivity index (χ0n) is 13.5. The number of carboxylic acids is 1. The van der Waals surface area contributed by atoms with Crippen LogP contribution in [0.15, 0.2) is 0 Å². The minimum Gasteiger partial charge on any atom is -0.480 e. The van der Waals surface area contributed by atoms with Gasteiger partial charge in [0.05, 0.1) is 18.8 Å². The van der Waals surface area contributed by atoms with Crippen molar-refractivity contribution < 1.29 is 33.8 Å². The zero-order valence-corrected chi connectivity index (χ0v) is 13.5. The number of imide groups is 1. The Morgan fingerprint density at radius 2 is 2.17 bits per heavy atom. The van der Waals surface area contributed by atoms with E-state index < -0.39 is 48.1 Å². The molecule has 0 aromatic carbocycles. The molecule has 0 unspecified atom stereocenters. The van der Waals surface area contributed by atoms with Crippen molar-refractivity contribution in [2.75, 3.05) is 26.4 Å². The highest BCUT2D eigenvalue weighted by molar-refractivity contribution is 6.07. The van der Waals surface area contributed by atoms with Gasteiger partial charge in [-0.25, -0.2) is 9.59 Å². The lowest BCUT2D eigenvalue weighted by Crippen LogP contribution is -2.55. The van der Waals surface area contributed by atoms with Crippen molar-refractivity contribution in [3.05, 3.63) is 0 Å². The van der Waals surface area contributed by atoms with Gasteiger partial charge < -0.3 is 24.8 Å². The summed E-state index contributed by atoms with van der Waals surface area (Å²) in [5.74, 6) is -2.04. The molecule has 2 aliphatic rings. The molecule has 134 valence electrons. The van der Waals surface area contributed by atoms with Gasteiger partial charge in [0.1, 0.15) is 18.7 Å². The fourth-order valence-electron chi connectivity index (χ4n) is 2.59. The summed E-state index contributed by atoms with van der Waals surface area (Å²) in [5, 5.41) is 13.5. The first-order chi connectivity index (χ1) is 11.2. The number of nitrogens with zero attached hydrogens (tertiary/aromatic N) is 1. The van der Waals surface area contributed by atoms with E-state index in [1.165, 1.54) is 0 Å². The number of carbonyl (C=O) groups is 4. The summed E-state index contributed by atoms with van der Waals surface area (Å²) in [4.78, 5) is 47.4. The largest absolute Gasteiger partial charge is 0.480 e. The van der Waals surface area contributed by atoms with Gasteiger partial charge >= 0.3 is 12.0 Å². The fourth-order valence-corrected chi connectivity index (χ4v) is 2.59. The van der Waals surface area contributed by atoms with Crippen molar-refractivity contribution in [1.82, 2.24) is 15.5 Å². The molecule has 0 aromatic rings. The number of aliphatic carboxylic acids is 1. The van der Waals surface area contributed by atoms with Gasteiger partial charge in [0.15, 0.2) is 0 Å². The van der Waals surface area contributed by atoms with Crippen LogP contribution < -0.4 is 10.6 Å². The maximum atomic E-state index is 12.2. The van der Waals surface area contributed by atoms with E-state index in [1.807, 2.05) is 0 Å². The summed E-state index contributed by atoms with van der Waals surface area (Å²) in [6, 6.07) is -1.14. The van der Waals surface area contributed by atoms with Crippen LogP contribution in [0.3, 0.4) is 0 Å². The molecule has 2 rings (SSSR count). The van der Waals surface area contributed by atoms with Gasteiger partial charge in [0, 0.05) is 6.61 Å². The third kappa shape index (κ3) is 4.01. The van der Waals surface area contributed by atoms with Crippen molar-refractivity contribution in [2.45, 2.75) is 38.0 Å². The summed E-state index contributed by atoms with van der Waals surface area (Å²) in [5.41, 5.74) is -1.11. The first-order valence-corrected chi connectivity index (χ1v) is 7.55. The molecule has 10 nitrogen and oxygen atoms in total. The van der Waals surface area contributed by atoms with Crippen LogP contribution in [-0.4, -0.2) is 77.9 Å². The van der Waals surface area contributed by atoms with Crippen LogP contribution in [0.4, 0.5) is 4.79 Å². The summed E-state index contributed by atoms with van der Waals surface area (Å²) < 4.78 is 10.5. The monoisotopic (exact) mass is 343 g/mol. The van der Waals surface area contributed by atoms with Gasteiger partial charge in [-0.3, -0.25) is 14.9 Å². The topological polar surface area (TPSA) is 134 Å². The maximum Gasteiger partial charge on any atom is 0.329 e. The molecule has 0 radical (unpaired) electrons. The maximum absolute atomic E-state index is 12.2. The Hall–Kier alpha value is -2.20. The van der Waals surface area contributed by atoms with Crippen molar-refractivity contribution in [3.63, 3.8) is 0 Å². The van der Waals surface area contributed by atoms with E-state index >= 15 is 0 Å². The van der Waals surface area contributed by atoms with Crippen LogP contribution in [-0.2, 0) is 23.9 Å². The van der Waals surface area contributed by atoms with Gasteiger partial charge in [-0.1, -0.05) is 0 Å². The van der Waals surface area contributed by atoms with Gasteiger partial charge in [-0.15, -0.1) is 0 Å². The first-order valence-electron chi connectivity index (χ1n) is 7.55. The average Bonchev–Trinajstić information content (AvgIpc) is 2.68. The van der Waals surface area contributed by atoms with Gasteiger partial charge in [0.25, 0.3) is 5.91 Å². The molecule has 2 heterocycles. The Bertz CT molecular complexity index is 548. The van der Waals surface area contributed by atoms with Gasteiger partial charge in [-0.05, 0) is 20.3 Å². The third-order valence-corrected chi connectivity index (χ3v) is 4.06. The lowest BCUT2D eigenvalue weighted by Gasteiger charge is -2.33. The minimum atomic E-state index is -1.11. The Morgan fingerprint density at radius 1 is 1.46 bits per heavy atom. The quantitative estimate of drug-likeness (QED) is 0.510. The van der Waals surface area contributed by atoms with Crippen LogP contribution >= 0.6 is 0 Å². The van der Waals surface area contributed by atoms with Gasteiger partial charge in [0.2, 0.25) is 5.91 Å². The number of carboxylic acid groups (broad SMARTS) is 1. The fraction of sp³-hybridized carbons (Fsp3) is 0.714. The van der Waals surface area contributed by atoms with Crippen molar-refractivity contribution in [2.24, 2.45) is 0 Å². The predicted molar refractivity (Wildman–Crippen MR) is 79.1 cm³/mol. The van der Waals surface area contributed by atoms with Crippen LogP contribution in [0.1, 0.15) is 20.3 Å². The lowest BCUT2D eigenvalue weighted by atomic mass is 10.0. The third-order valence-electron chi connectivity index (χ3n) is 4.06. The molecule has 0 bridgehead atoms. The number of ether oxygens (including phenoxy) is 2. The molecular formula is C14H21N3O7. The first kappa shape index (κ1) is 18.1. The lowest BCUT2D eigenvalue weighted by molar-refractivity contribution is -0.148. The number of hydrogen-bond donors (Lipinski definition) is 3. The van der Waals surface area contributed by atoms with E-state index in [0.29, 0.717) is 13.0 Å². The molecular weight excluding hydrogens is 322 g/mol. The highest BCUT2D eigenvalue weighted by Gasteiger charge is 2.46. The van der Waals surface area contributed by atoms with E-state index in [1.54, 1.807) is 13.8 Å². The van der Waals surface area contributed by atoms with E-state index in [9.17, 15) is 19.2 Å². The van der Waals surface area contributed by atoms with Crippen LogP contribution in [0.2, 0.25) is 0 Å². The van der Waals surface area contributed by atoms with Gasteiger partial charge in [-0.2, -0.15) is 0 Å². The molecule has 2 saturated heterocycles. The minimum absolute atomic E-state index is 0.185. The standard InChI is InChI=1S/C14H21N3O7/c1-14(2)12(21)16-13(22)17(14)5-10(18)15-8-6-23-4-3-9(8)24-7-11(19)20/h8-9H,3-7H2,1-2H3,(H,15,18)(H,19,20)(H,16,21,22)/t8-,9+/m1/s1. The van der Waals surface area contributed by atoms with E-state index in [0.717, 1.165) is 4.90 Å². The Kier molecular flexibility index (Phi) is 5.40. The normalized spacial score (nSPS) is 26.2. The number of amides is 4. The summed E-state index contributed by atoms with van der Waals surface area (Å²) >= 11 is 0. The van der Waals surface area contributed by atoms with Crippen molar-refractivity contribution in [1.29, 1.82) is 0 Å². The molecule has 2 fully saturated rings. The molecule has 3 N–H and O–H groups in total. The molecule has 0 saturated carbocycles. The Labute approximate surface area is 138 Å². The highest BCUT2D eigenvalue weighted by atomic mass is 16.5. The Morgan fingerprint density at radius 3 is 2.75 bits per heavy atom. The van der Waals surface area contributed by atoms with E-state index in [-0.39, 0.29) is 13.2 Å². The number of nitrogens with one attached hydrogen (secondary N) is 2. The molecule has 10 heteroatoms. The molecule has 0 aromatic heterocycles. The van der Waals surface area contributed by atoms with Crippen LogP contribution in [0, 0.1) is 0 Å². The molecule has 24 heavy (non-hydrogen) atoms. The number of hydrogen-bond acceptors (Lipinski definition) is 6. The molecule has 0 aliphatic carbocycles.